The van der Waals surface area contributed by atoms with Crippen LogP contribution in [0.15, 0.2) is 23.7 Å². The molecule has 4 rings (SSSR count). The van der Waals surface area contributed by atoms with Crippen LogP contribution in [-0.2, 0) is 0 Å². The van der Waals surface area contributed by atoms with Crippen molar-refractivity contribution in [3.63, 3.8) is 0 Å². The van der Waals surface area contributed by atoms with Gasteiger partial charge in [0.15, 0.2) is 0 Å². The molecule has 0 radical (unpaired) electrons. The van der Waals surface area contributed by atoms with Crippen molar-refractivity contribution in [1.82, 2.24) is 10.3 Å². The normalized spacial score (nSPS) is 27.9. The first-order valence-electron chi connectivity index (χ1n) is 6.20. The van der Waals surface area contributed by atoms with Crippen molar-refractivity contribution >= 4 is 27.2 Å². The van der Waals surface area contributed by atoms with Gasteiger partial charge in [0.25, 0.3) is 0 Å². The predicted octanol–water partition coefficient (Wildman–Crippen LogP) is 1.95. The fourth-order valence-corrected chi connectivity index (χ4v) is 3.94. The van der Waals surface area contributed by atoms with Crippen LogP contribution in [0.1, 0.15) is 0 Å². The number of thiophene rings is 1. The zero-order valence-corrected chi connectivity index (χ0v) is 10.4. The first-order chi connectivity index (χ1) is 8.42. The van der Waals surface area contributed by atoms with Crippen molar-refractivity contribution in [1.29, 1.82) is 0 Å². The second-order valence-electron chi connectivity index (χ2n) is 5.05. The van der Waals surface area contributed by atoms with E-state index in [9.17, 15) is 0 Å². The molecule has 17 heavy (non-hydrogen) atoms. The number of hydrogen-bond acceptors (Lipinski definition) is 4. The Balaban J connectivity index is 1.73. The summed E-state index contributed by atoms with van der Waals surface area (Å²) in [5.74, 6) is 2.84. The average Bonchev–Trinajstić information content (AvgIpc) is 3.02. The molecule has 2 aliphatic heterocycles. The number of hydrogen-bond donors (Lipinski definition) is 1. The molecule has 0 bridgehead atoms. The van der Waals surface area contributed by atoms with Gasteiger partial charge < -0.3 is 10.2 Å². The molecule has 0 spiro atoms. The van der Waals surface area contributed by atoms with E-state index in [1.54, 1.807) is 11.3 Å². The molecular weight excluding hydrogens is 230 g/mol. The van der Waals surface area contributed by atoms with Crippen molar-refractivity contribution in [2.45, 2.75) is 0 Å². The van der Waals surface area contributed by atoms with Crippen LogP contribution >= 0.6 is 11.3 Å². The van der Waals surface area contributed by atoms with Gasteiger partial charge in [-0.3, -0.25) is 0 Å². The summed E-state index contributed by atoms with van der Waals surface area (Å²) in [6, 6.07) is 4.32. The Morgan fingerprint density at radius 3 is 2.88 bits per heavy atom. The number of pyridine rings is 1. The first kappa shape index (κ1) is 9.85. The Labute approximate surface area is 104 Å². The molecule has 1 N–H and O–H groups in total. The lowest BCUT2D eigenvalue weighted by Crippen LogP contribution is -2.26. The van der Waals surface area contributed by atoms with E-state index >= 15 is 0 Å². The maximum Gasteiger partial charge on any atom is 0.137 e. The van der Waals surface area contributed by atoms with Gasteiger partial charge in [0.2, 0.25) is 0 Å². The van der Waals surface area contributed by atoms with E-state index in [-0.39, 0.29) is 0 Å². The van der Waals surface area contributed by atoms with E-state index in [2.05, 4.69) is 32.7 Å². The molecule has 2 saturated heterocycles. The Hall–Kier alpha value is -1.13. The van der Waals surface area contributed by atoms with Gasteiger partial charge in [0.05, 0.1) is 0 Å². The van der Waals surface area contributed by atoms with Crippen molar-refractivity contribution in [2.75, 3.05) is 31.1 Å². The van der Waals surface area contributed by atoms with Crippen LogP contribution in [0, 0.1) is 11.8 Å². The Kier molecular flexibility index (Phi) is 2.13. The topological polar surface area (TPSA) is 28.2 Å². The van der Waals surface area contributed by atoms with Crippen molar-refractivity contribution in [3.8, 4) is 0 Å². The minimum Gasteiger partial charge on any atom is -0.355 e. The third kappa shape index (κ3) is 1.47. The standard InChI is InChI=1S/C13H15N3S/c1-3-15-13(11-2-4-17-12(1)11)16-7-9-5-14-6-10(9)8-16/h1-4,9-10,14H,5-8H2. The molecule has 2 aromatic heterocycles. The molecule has 2 aliphatic rings. The van der Waals surface area contributed by atoms with E-state index in [0.29, 0.717) is 0 Å². The van der Waals surface area contributed by atoms with Gasteiger partial charge >= 0.3 is 0 Å². The molecule has 0 aliphatic carbocycles. The summed E-state index contributed by atoms with van der Waals surface area (Å²) in [6.45, 7) is 4.70. The second kappa shape index (κ2) is 3.68. The van der Waals surface area contributed by atoms with E-state index in [1.807, 2.05) is 6.20 Å². The lowest BCUT2D eigenvalue weighted by Gasteiger charge is -2.19. The molecular formula is C13H15N3S. The van der Waals surface area contributed by atoms with Crippen LogP contribution in [0.25, 0.3) is 10.1 Å². The zero-order valence-electron chi connectivity index (χ0n) is 9.60. The van der Waals surface area contributed by atoms with Crippen LogP contribution in [0.4, 0.5) is 5.82 Å². The first-order valence-corrected chi connectivity index (χ1v) is 7.07. The summed E-state index contributed by atoms with van der Waals surface area (Å²) in [5.41, 5.74) is 0. The second-order valence-corrected chi connectivity index (χ2v) is 6.00. The monoisotopic (exact) mass is 245 g/mol. The van der Waals surface area contributed by atoms with Gasteiger partial charge in [-0.15, -0.1) is 11.3 Å². The third-order valence-corrected chi connectivity index (χ3v) is 4.93. The van der Waals surface area contributed by atoms with Crippen LogP contribution in [-0.4, -0.2) is 31.2 Å². The molecule has 0 saturated carbocycles. The molecule has 4 heterocycles. The van der Waals surface area contributed by atoms with Gasteiger partial charge in [-0.2, -0.15) is 0 Å². The number of nitrogens with zero attached hydrogens (tertiary/aromatic N) is 2. The molecule has 0 aromatic carbocycles. The summed E-state index contributed by atoms with van der Waals surface area (Å²) in [4.78, 5) is 7.08. The molecule has 0 amide bonds. The van der Waals surface area contributed by atoms with Gasteiger partial charge in [0, 0.05) is 42.5 Å². The fraction of sp³-hybridized carbons (Fsp3) is 0.462. The number of rotatable bonds is 1. The van der Waals surface area contributed by atoms with Gasteiger partial charge in [-0.25, -0.2) is 4.98 Å². The Morgan fingerprint density at radius 2 is 2.06 bits per heavy atom. The van der Waals surface area contributed by atoms with Crippen LogP contribution in [0.2, 0.25) is 0 Å². The van der Waals surface area contributed by atoms with Crippen LogP contribution < -0.4 is 10.2 Å². The minimum atomic E-state index is 0.825. The summed E-state index contributed by atoms with van der Waals surface area (Å²) in [6.07, 6.45) is 1.94. The number of aromatic nitrogens is 1. The maximum atomic E-state index is 4.60. The zero-order chi connectivity index (χ0) is 11.2. The van der Waals surface area contributed by atoms with E-state index < -0.39 is 0 Å². The SMILES string of the molecule is c1cc2sccc2c(N2CC3CNCC3C2)n1. The molecule has 2 aromatic rings. The quantitative estimate of drug-likeness (QED) is 0.832. The number of fused-ring (bicyclic) bond motifs is 2. The highest BCUT2D eigenvalue weighted by molar-refractivity contribution is 7.17. The fourth-order valence-electron chi connectivity index (χ4n) is 3.16. The highest BCUT2D eigenvalue weighted by Gasteiger charge is 2.36. The molecule has 2 atom stereocenters. The lowest BCUT2D eigenvalue weighted by atomic mass is 10.0. The van der Waals surface area contributed by atoms with Crippen molar-refractivity contribution in [2.24, 2.45) is 11.8 Å². The van der Waals surface area contributed by atoms with E-state index in [1.165, 1.54) is 42.1 Å². The maximum absolute atomic E-state index is 4.60. The van der Waals surface area contributed by atoms with Crippen LogP contribution in [0.3, 0.4) is 0 Å². The molecule has 88 valence electrons. The average molecular weight is 245 g/mol. The lowest BCUT2D eigenvalue weighted by molar-refractivity contribution is 0.533. The van der Waals surface area contributed by atoms with Gasteiger partial charge in [0.1, 0.15) is 5.82 Å². The third-order valence-electron chi connectivity index (χ3n) is 4.05. The van der Waals surface area contributed by atoms with Gasteiger partial charge in [-0.05, 0) is 29.3 Å². The number of anilines is 1. The Bertz CT molecular complexity index is 538. The smallest absolute Gasteiger partial charge is 0.137 e. The van der Waals surface area contributed by atoms with E-state index in [4.69, 9.17) is 0 Å². The van der Waals surface area contributed by atoms with Crippen molar-refractivity contribution in [3.05, 3.63) is 23.7 Å². The Morgan fingerprint density at radius 1 is 1.24 bits per heavy atom. The summed E-state index contributed by atoms with van der Waals surface area (Å²) < 4.78 is 1.35. The molecule has 2 unspecified atom stereocenters. The predicted molar refractivity (Wildman–Crippen MR) is 71.7 cm³/mol. The minimum absolute atomic E-state index is 0.825. The van der Waals surface area contributed by atoms with Crippen molar-refractivity contribution < 1.29 is 0 Å². The van der Waals surface area contributed by atoms with E-state index in [0.717, 1.165) is 11.8 Å². The summed E-state index contributed by atoms with van der Waals surface area (Å²) in [5, 5.41) is 6.97. The highest BCUT2D eigenvalue weighted by Crippen LogP contribution is 2.34. The molecule has 2 fully saturated rings. The summed E-state index contributed by atoms with van der Waals surface area (Å²) in [7, 11) is 0. The largest absolute Gasteiger partial charge is 0.355 e. The summed E-state index contributed by atoms with van der Waals surface area (Å²) >= 11 is 1.80. The molecule has 4 heteroatoms. The van der Waals surface area contributed by atoms with Gasteiger partial charge in [-0.1, -0.05) is 0 Å². The highest BCUT2D eigenvalue weighted by atomic mass is 32.1. The number of nitrogens with one attached hydrogen (secondary N) is 1. The molecule has 3 nitrogen and oxygen atoms in total. The van der Waals surface area contributed by atoms with Crippen LogP contribution in [0.5, 0.6) is 0 Å².